The molecule has 2 heterocycles. The van der Waals surface area contributed by atoms with Crippen molar-refractivity contribution in [2.24, 2.45) is 15.7 Å². The number of halogens is 1. The van der Waals surface area contributed by atoms with E-state index in [1.807, 2.05) is 43.3 Å². The number of hydrogen-bond donors (Lipinski definition) is 4. The highest BCUT2D eigenvalue weighted by Gasteiger charge is 2.31. The Bertz CT molecular complexity index is 1390. The number of nitrogens with one attached hydrogen (secondary N) is 3. The fourth-order valence-electron chi connectivity index (χ4n) is 3.73. The van der Waals surface area contributed by atoms with Gasteiger partial charge in [-0.05, 0) is 37.6 Å². The van der Waals surface area contributed by atoms with Gasteiger partial charge in [0.15, 0.2) is 5.58 Å². The normalized spacial score (nSPS) is 16.4. The first-order chi connectivity index (χ1) is 16.9. The molecule has 35 heavy (non-hydrogen) atoms. The van der Waals surface area contributed by atoms with Crippen LogP contribution in [-0.4, -0.2) is 36.7 Å². The molecule has 9 nitrogen and oxygen atoms in total. The molecule has 1 aromatic heterocycles. The Morgan fingerprint density at radius 3 is 2.83 bits per heavy atom. The van der Waals surface area contributed by atoms with E-state index in [4.69, 9.17) is 26.7 Å². The maximum absolute atomic E-state index is 13.3. The number of aryl methyl sites for hydroxylation is 1. The van der Waals surface area contributed by atoms with Crippen molar-refractivity contribution < 1.29 is 9.21 Å². The highest BCUT2D eigenvalue weighted by atomic mass is 35.5. The number of nitrogens with zero attached hydrogens (tertiary/aromatic N) is 3. The molecule has 4 rings (SSSR count). The van der Waals surface area contributed by atoms with Crippen LogP contribution in [-0.2, 0) is 4.79 Å². The number of amides is 1. The molecule has 0 saturated heterocycles. The third-order valence-corrected chi connectivity index (χ3v) is 5.76. The molecular weight excluding hydrogens is 466 g/mol. The quantitative estimate of drug-likeness (QED) is 0.388. The summed E-state index contributed by atoms with van der Waals surface area (Å²) in [5.41, 5.74) is 10.5. The second-order valence-electron chi connectivity index (χ2n) is 7.99. The zero-order chi connectivity index (χ0) is 24.9. The van der Waals surface area contributed by atoms with Crippen LogP contribution in [0.15, 0.2) is 79.9 Å². The molecule has 0 saturated carbocycles. The zero-order valence-electron chi connectivity index (χ0n) is 19.6. The van der Waals surface area contributed by atoms with Crippen LogP contribution in [0.4, 0.5) is 6.01 Å². The Kier molecular flexibility index (Phi) is 7.17. The molecule has 180 valence electrons. The number of fused-ring (bicyclic) bond motifs is 1. The third kappa shape index (κ3) is 5.36. The Morgan fingerprint density at radius 2 is 2.09 bits per heavy atom. The van der Waals surface area contributed by atoms with Crippen molar-refractivity contribution in [3.8, 4) is 0 Å². The fourth-order valence-corrected chi connectivity index (χ4v) is 3.97. The third-order valence-electron chi connectivity index (χ3n) is 5.42. The molecule has 0 radical (unpaired) electrons. The lowest BCUT2D eigenvalue weighted by atomic mass is 9.95. The number of hydrogen-bond acceptors (Lipinski definition) is 8. The summed E-state index contributed by atoms with van der Waals surface area (Å²) >= 11 is 6.50. The van der Waals surface area contributed by atoms with Gasteiger partial charge in [0, 0.05) is 47.9 Å². The molecule has 1 aliphatic rings. The van der Waals surface area contributed by atoms with Crippen LogP contribution >= 0.6 is 11.6 Å². The molecule has 1 atom stereocenters. The van der Waals surface area contributed by atoms with Gasteiger partial charge < -0.3 is 20.8 Å². The van der Waals surface area contributed by atoms with Crippen LogP contribution in [0.1, 0.15) is 24.1 Å². The first-order valence-corrected chi connectivity index (χ1v) is 11.3. The van der Waals surface area contributed by atoms with Gasteiger partial charge in [0.05, 0.1) is 5.57 Å². The largest absolute Gasteiger partial charge is 0.423 e. The summed E-state index contributed by atoms with van der Waals surface area (Å²) in [7, 11) is 1.64. The van der Waals surface area contributed by atoms with Gasteiger partial charge in [-0.15, -0.1) is 0 Å². The van der Waals surface area contributed by atoms with Crippen molar-refractivity contribution in [1.29, 1.82) is 0 Å². The topological polar surface area (TPSA) is 130 Å². The van der Waals surface area contributed by atoms with Crippen molar-refractivity contribution in [3.05, 3.63) is 81.7 Å². The lowest BCUT2D eigenvalue weighted by Crippen LogP contribution is -2.39. The number of nitrogens with two attached hydrogens (primary N) is 1. The zero-order valence-corrected chi connectivity index (χ0v) is 20.3. The number of carbonyl (C=O) groups is 1. The maximum Gasteiger partial charge on any atom is 0.302 e. The van der Waals surface area contributed by atoms with E-state index in [9.17, 15) is 4.79 Å². The average Bonchev–Trinajstić information content (AvgIpc) is 3.22. The number of rotatable bonds is 6. The van der Waals surface area contributed by atoms with Crippen molar-refractivity contribution in [1.82, 2.24) is 15.6 Å². The van der Waals surface area contributed by atoms with Crippen molar-refractivity contribution in [3.63, 3.8) is 0 Å². The number of aliphatic imine (C=N–C) groups is 2. The first-order valence-electron chi connectivity index (χ1n) is 10.9. The summed E-state index contributed by atoms with van der Waals surface area (Å²) in [4.78, 5) is 26.4. The molecular formula is C25H26ClN7O2. The molecule has 1 amide bonds. The van der Waals surface area contributed by atoms with Gasteiger partial charge in [-0.25, -0.2) is 4.99 Å². The van der Waals surface area contributed by atoms with Gasteiger partial charge in [-0.1, -0.05) is 35.9 Å². The van der Waals surface area contributed by atoms with Crippen LogP contribution < -0.4 is 21.7 Å². The predicted molar refractivity (Wildman–Crippen MR) is 140 cm³/mol. The van der Waals surface area contributed by atoms with E-state index < -0.39 is 6.04 Å². The standard InChI is InChI=1S/C25H26ClN7O2/c1-14-8-9-19-20(10-14)35-25(31-19)33-24-30-15(2)21(23(34)29-13-16(11-27)12-28-3)22(32-24)17-6-4-5-7-18(17)26/h4-12,22H,13,27H2,1-3H3,(H,29,34)(H2,30,31,32,33). The summed E-state index contributed by atoms with van der Waals surface area (Å²) in [6.45, 7) is 4.01. The first kappa shape index (κ1) is 24.0. The number of aromatic nitrogens is 1. The van der Waals surface area contributed by atoms with Gasteiger partial charge in [0.1, 0.15) is 11.6 Å². The molecule has 1 unspecified atom stereocenters. The molecule has 0 aliphatic carbocycles. The van der Waals surface area contributed by atoms with Crippen molar-refractivity contribution >= 4 is 46.8 Å². The van der Waals surface area contributed by atoms with Crippen LogP contribution in [0.5, 0.6) is 0 Å². The highest BCUT2D eigenvalue weighted by molar-refractivity contribution is 6.31. The number of guanidine groups is 1. The summed E-state index contributed by atoms with van der Waals surface area (Å²) in [6.07, 6.45) is 3.00. The van der Waals surface area contributed by atoms with Crippen LogP contribution in [0, 0.1) is 6.92 Å². The van der Waals surface area contributed by atoms with E-state index >= 15 is 0 Å². The molecule has 3 aromatic rings. The summed E-state index contributed by atoms with van der Waals surface area (Å²) in [6, 6.07) is 12.7. The van der Waals surface area contributed by atoms with Gasteiger partial charge in [-0.3, -0.25) is 15.1 Å². The number of carbonyl (C=O) groups excluding carboxylic acids is 1. The van der Waals surface area contributed by atoms with Crippen molar-refractivity contribution in [2.45, 2.75) is 19.9 Å². The predicted octanol–water partition coefficient (Wildman–Crippen LogP) is 3.84. The van der Waals surface area contributed by atoms with Crippen LogP contribution in [0.3, 0.4) is 0 Å². The highest BCUT2D eigenvalue weighted by Crippen LogP contribution is 2.35. The van der Waals surface area contributed by atoms with E-state index in [0.29, 0.717) is 39.0 Å². The minimum absolute atomic E-state index is 0.218. The number of oxazole rings is 1. The maximum atomic E-state index is 13.3. The van der Waals surface area contributed by atoms with E-state index in [-0.39, 0.29) is 18.5 Å². The van der Waals surface area contributed by atoms with Gasteiger partial charge in [0.2, 0.25) is 5.96 Å². The summed E-state index contributed by atoms with van der Waals surface area (Å²) < 4.78 is 5.83. The van der Waals surface area contributed by atoms with E-state index in [1.165, 1.54) is 6.20 Å². The fraction of sp³-hybridized carbons (Fsp3) is 0.200. The second kappa shape index (κ2) is 10.4. The Labute approximate surface area is 207 Å². The van der Waals surface area contributed by atoms with Gasteiger partial charge in [0.25, 0.3) is 5.91 Å². The second-order valence-corrected chi connectivity index (χ2v) is 8.40. The Balaban J connectivity index is 1.65. The molecule has 0 bridgehead atoms. The molecule has 10 heteroatoms. The van der Waals surface area contributed by atoms with Gasteiger partial charge >= 0.3 is 6.01 Å². The van der Waals surface area contributed by atoms with Crippen LogP contribution in [0.2, 0.25) is 5.02 Å². The Hall–Kier alpha value is -4.11. The monoisotopic (exact) mass is 491 g/mol. The number of benzene rings is 2. The molecule has 1 aliphatic heterocycles. The van der Waals surface area contributed by atoms with E-state index in [1.54, 1.807) is 26.3 Å². The molecule has 0 spiro atoms. The minimum Gasteiger partial charge on any atom is -0.423 e. The number of allylic oxidation sites excluding steroid dienone is 1. The summed E-state index contributed by atoms with van der Waals surface area (Å²) in [5.74, 6) is 0.0804. The smallest absolute Gasteiger partial charge is 0.302 e. The molecule has 2 aromatic carbocycles. The lowest BCUT2D eigenvalue weighted by molar-refractivity contribution is -0.117. The molecule has 0 fully saturated rings. The Morgan fingerprint density at radius 1 is 1.29 bits per heavy atom. The van der Waals surface area contributed by atoms with Gasteiger partial charge in [-0.2, -0.15) is 4.98 Å². The minimum atomic E-state index is -0.663. The van der Waals surface area contributed by atoms with E-state index in [2.05, 4.69) is 25.9 Å². The number of anilines is 1. The molecule has 5 N–H and O–H groups in total. The summed E-state index contributed by atoms with van der Waals surface area (Å²) in [5, 5.41) is 9.61. The van der Waals surface area contributed by atoms with Crippen molar-refractivity contribution in [2.75, 3.05) is 18.9 Å². The van der Waals surface area contributed by atoms with E-state index in [0.717, 1.165) is 11.1 Å². The average molecular weight is 492 g/mol. The van der Waals surface area contributed by atoms with Crippen LogP contribution in [0.25, 0.3) is 11.1 Å². The SMILES string of the molecule is CN=CC(=CN)CNC(=O)C1=C(C)NC(Nc2nc3ccc(C)cc3o2)=NC1c1ccccc1Cl. The lowest BCUT2D eigenvalue weighted by Gasteiger charge is -2.27.